The first kappa shape index (κ1) is 13.0. The number of halogens is 1. The van der Waals surface area contributed by atoms with Crippen molar-refractivity contribution < 1.29 is 4.79 Å². The summed E-state index contributed by atoms with van der Waals surface area (Å²) < 4.78 is 0. The topological polar surface area (TPSA) is 36.1 Å². The maximum Gasteiger partial charge on any atom is 0.270 e. The molecular formula is C14H17ClN2O. The van der Waals surface area contributed by atoms with E-state index in [-0.39, 0.29) is 5.91 Å². The second kappa shape index (κ2) is 5.44. The van der Waals surface area contributed by atoms with Crippen LogP contribution in [0.2, 0.25) is 5.02 Å². The number of rotatable bonds is 4. The number of carbonyl (C=O) groups excluding carboxylic acids is 1. The highest BCUT2D eigenvalue weighted by Gasteiger charge is 2.13. The van der Waals surface area contributed by atoms with Crippen molar-refractivity contribution in [3.05, 3.63) is 35.0 Å². The molecule has 4 heteroatoms. The van der Waals surface area contributed by atoms with Gasteiger partial charge in [0, 0.05) is 29.5 Å². The van der Waals surface area contributed by atoms with Crippen LogP contribution in [0.1, 0.15) is 30.3 Å². The van der Waals surface area contributed by atoms with Crippen LogP contribution in [0.5, 0.6) is 0 Å². The number of carbonyl (C=O) groups is 1. The lowest BCUT2D eigenvalue weighted by Gasteiger charge is -2.15. The summed E-state index contributed by atoms with van der Waals surface area (Å²) in [5.74, 6) is 0.0239. The van der Waals surface area contributed by atoms with Gasteiger partial charge in [0.05, 0.1) is 0 Å². The molecule has 1 N–H and O–H groups in total. The van der Waals surface area contributed by atoms with E-state index in [2.05, 4.69) is 11.9 Å². The predicted octanol–water partition coefficient (Wildman–Crippen LogP) is 3.69. The number of aromatic nitrogens is 1. The van der Waals surface area contributed by atoms with Crippen LogP contribution in [-0.4, -0.2) is 29.4 Å². The molecule has 0 spiro atoms. The zero-order valence-corrected chi connectivity index (χ0v) is 11.4. The largest absolute Gasteiger partial charge is 0.350 e. The van der Waals surface area contributed by atoms with Crippen molar-refractivity contribution in [2.75, 3.05) is 13.6 Å². The Bertz CT molecular complexity index is 562. The zero-order chi connectivity index (χ0) is 13.1. The van der Waals surface area contributed by atoms with Crippen molar-refractivity contribution in [3.63, 3.8) is 0 Å². The molecule has 0 aliphatic heterocycles. The van der Waals surface area contributed by atoms with Crippen LogP contribution < -0.4 is 0 Å². The maximum absolute atomic E-state index is 12.2. The summed E-state index contributed by atoms with van der Waals surface area (Å²) in [7, 11) is 1.83. The van der Waals surface area contributed by atoms with E-state index in [1.165, 1.54) is 0 Å². The molecule has 2 aromatic rings. The molecule has 0 aliphatic carbocycles. The molecule has 96 valence electrons. The molecule has 0 bridgehead atoms. The highest BCUT2D eigenvalue weighted by molar-refractivity contribution is 6.31. The number of amides is 1. The van der Waals surface area contributed by atoms with Gasteiger partial charge >= 0.3 is 0 Å². The fourth-order valence-corrected chi connectivity index (χ4v) is 2.09. The highest BCUT2D eigenvalue weighted by atomic mass is 35.5. The molecule has 0 saturated heterocycles. The number of fused-ring (bicyclic) bond motifs is 1. The SMILES string of the molecule is CCCCN(C)C(=O)c1cc2ccc(Cl)cc2[nH]1. The molecule has 0 atom stereocenters. The van der Waals surface area contributed by atoms with Crippen molar-refractivity contribution >= 4 is 28.4 Å². The minimum absolute atomic E-state index is 0.0239. The second-order valence-electron chi connectivity index (χ2n) is 4.49. The first-order chi connectivity index (χ1) is 8.61. The first-order valence-corrected chi connectivity index (χ1v) is 6.53. The molecule has 0 aliphatic rings. The normalized spacial score (nSPS) is 10.8. The fraction of sp³-hybridized carbons (Fsp3) is 0.357. The van der Waals surface area contributed by atoms with E-state index < -0.39 is 0 Å². The number of hydrogen-bond donors (Lipinski definition) is 1. The van der Waals surface area contributed by atoms with Gasteiger partial charge in [-0.05, 0) is 24.6 Å². The summed E-state index contributed by atoms with van der Waals surface area (Å²) in [6, 6.07) is 7.44. The second-order valence-corrected chi connectivity index (χ2v) is 4.93. The number of aromatic amines is 1. The van der Waals surface area contributed by atoms with E-state index in [9.17, 15) is 4.79 Å². The summed E-state index contributed by atoms with van der Waals surface area (Å²) in [4.78, 5) is 17.0. The molecule has 1 heterocycles. The third kappa shape index (κ3) is 2.67. The van der Waals surface area contributed by atoms with Gasteiger partial charge in [0.15, 0.2) is 0 Å². The van der Waals surface area contributed by atoms with Gasteiger partial charge in [0.1, 0.15) is 5.69 Å². The van der Waals surface area contributed by atoms with E-state index >= 15 is 0 Å². The third-order valence-corrected chi connectivity index (χ3v) is 3.24. The van der Waals surface area contributed by atoms with Crippen molar-refractivity contribution in [3.8, 4) is 0 Å². The highest BCUT2D eigenvalue weighted by Crippen LogP contribution is 2.20. The summed E-state index contributed by atoms with van der Waals surface area (Å²) in [6.07, 6.45) is 2.11. The van der Waals surface area contributed by atoms with E-state index in [0.29, 0.717) is 10.7 Å². The number of hydrogen-bond acceptors (Lipinski definition) is 1. The fourth-order valence-electron chi connectivity index (χ4n) is 1.92. The van der Waals surface area contributed by atoms with E-state index in [0.717, 1.165) is 30.3 Å². The molecular weight excluding hydrogens is 248 g/mol. The van der Waals surface area contributed by atoms with Gasteiger partial charge in [-0.3, -0.25) is 4.79 Å². The Morgan fingerprint density at radius 2 is 2.17 bits per heavy atom. The van der Waals surface area contributed by atoms with Crippen LogP contribution in [0, 0.1) is 0 Å². The molecule has 1 aromatic carbocycles. The Labute approximate surface area is 112 Å². The number of benzene rings is 1. The van der Waals surface area contributed by atoms with Crippen LogP contribution >= 0.6 is 11.6 Å². The molecule has 2 rings (SSSR count). The minimum atomic E-state index is 0.0239. The molecule has 0 radical (unpaired) electrons. The van der Waals surface area contributed by atoms with Gasteiger partial charge in [0.25, 0.3) is 5.91 Å². The van der Waals surface area contributed by atoms with Crippen LogP contribution in [0.25, 0.3) is 10.9 Å². The molecule has 3 nitrogen and oxygen atoms in total. The van der Waals surface area contributed by atoms with Gasteiger partial charge in [-0.15, -0.1) is 0 Å². The van der Waals surface area contributed by atoms with Gasteiger partial charge in [-0.2, -0.15) is 0 Å². The van der Waals surface area contributed by atoms with Crippen LogP contribution in [-0.2, 0) is 0 Å². The summed E-state index contributed by atoms with van der Waals surface area (Å²) in [5, 5.41) is 1.68. The number of nitrogens with one attached hydrogen (secondary N) is 1. The number of H-pyrrole nitrogens is 1. The Balaban J connectivity index is 2.22. The van der Waals surface area contributed by atoms with Crippen molar-refractivity contribution in [2.45, 2.75) is 19.8 Å². The van der Waals surface area contributed by atoms with Crippen LogP contribution in [0.3, 0.4) is 0 Å². The van der Waals surface area contributed by atoms with E-state index in [1.807, 2.05) is 31.3 Å². The Kier molecular flexibility index (Phi) is 3.92. The average Bonchev–Trinajstić information content (AvgIpc) is 2.77. The van der Waals surface area contributed by atoms with E-state index in [4.69, 9.17) is 11.6 Å². The first-order valence-electron chi connectivity index (χ1n) is 6.15. The Hall–Kier alpha value is -1.48. The zero-order valence-electron chi connectivity index (χ0n) is 10.7. The monoisotopic (exact) mass is 264 g/mol. The molecule has 1 amide bonds. The molecule has 1 aromatic heterocycles. The van der Waals surface area contributed by atoms with Gasteiger partial charge in [-0.25, -0.2) is 0 Å². The summed E-state index contributed by atoms with van der Waals surface area (Å²) in [6.45, 7) is 2.90. The standard InChI is InChI=1S/C14H17ClN2O/c1-3-4-7-17(2)14(18)13-8-10-5-6-11(15)9-12(10)16-13/h5-6,8-9,16H,3-4,7H2,1-2H3. The number of nitrogens with zero attached hydrogens (tertiary/aromatic N) is 1. The van der Waals surface area contributed by atoms with Crippen molar-refractivity contribution in [2.24, 2.45) is 0 Å². The van der Waals surface area contributed by atoms with Gasteiger partial charge in [-0.1, -0.05) is 31.0 Å². The Morgan fingerprint density at radius 3 is 2.89 bits per heavy atom. The maximum atomic E-state index is 12.2. The summed E-state index contributed by atoms with van der Waals surface area (Å²) >= 11 is 5.92. The minimum Gasteiger partial charge on any atom is -0.350 e. The molecule has 0 fully saturated rings. The Morgan fingerprint density at radius 1 is 1.39 bits per heavy atom. The summed E-state index contributed by atoms with van der Waals surface area (Å²) in [5.41, 5.74) is 1.51. The van der Waals surface area contributed by atoms with Gasteiger partial charge in [0.2, 0.25) is 0 Å². The molecule has 18 heavy (non-hydrogen) atoms. The lowest BCUT2D eigenvalue weighted by Crippen LogP contribution is -2.27. The van der Waals surface area contributed by atoms with E-state index in [1.54, 1.807) is 4.90 Å². The van der Waals surface area contributed by atoms with Crippen LogP contribution in [0.15, 0.2) is 24.3 Å². The van der Waals surface area contributed by atoms with Crippen LogP contribution in [0.4, 0.5) is 0 Å². The van der Waals surface area contributed by atoms with Crippen molar-refractivity contribution in [1.82, 2.24) is 9.88 Å². The predicted molar refractivity (Wildman–Crippen MR) is 75.2 cm³/mol. The smallest absolute Gasteiger partial charge is 0.270 e. The lowest BCUT2D eigenvalue weighted by atomic mass is 10.2. The average molecular weight is 265 g/mol. The van der Waals surface area contributed by atoms with Gasteiger partial charge < -0.3 is 9.88 Å². The number of unbranched alkanes of at least 4 members (excludes halogenated alkanes) is 1. The third-order valence-electron chi connectivity index (χ3n) is 3.01. The quantitative estimate of drug-likeness (QED) is 0.898. The molecule has 0 unspecified atom stereocenters. The van der Waals surface area contributed by atoms with Crippen molar-refractivity contribution in [1.29, 1.82) is 0 Å². The lowest BCUT2D eigenvalue weighted by molar-refractivity contribution is 0.0788. The molecule has 0 saturated carbocycles.